The number of aliphatic hydroxyl groups excluding tert-OH is 1. The summed E-state index contributed by atoms with van der Waals surface area (Å²) in [5.41, 5.74) is 3.90. The normalized spacial score (nSPS) is 15.3. The van der Waals surface area contributed by atoms with Crippen LogP contribution >= 0.6 is 23.1 Å². The number of aromatic nitrogens is 2. The van der Waals surface area contributed by atoms with Gasteiger partial charge in [-0.05, 0) is 60.0 Å². The van der Waals surface area contributed by atoms with E-state index in [2.05, 4.69) is 10.2 Å². The maximum Gasteiger partial charge on any atom is 0.301 e. The number of anilines is 1. The molecule has 2 heterocycles. The van der Waals surface area contributed by atoms with Crippen LogP contribution in [-0.2, 0) is 21.9 Å². The molecule has 250 valence electrons. The molecule has 0 radical (unpaired) electrons. The number of benzene rings is 4. The maximum atomic E-state index is 13.8. The number of ketones is 1. The highest BCUT2D eigenvalue weighted by Crippen LogP contribution is 2.48. The summed E-state index contributed by atoms with van der Waals surface area (Å²) < 4.78 is 23.3. The zero-order valence-electron chi connectivity index (χ0n) is 27.2. The second-order valence-electron chi connectivity index (χ2n) is 11.1. The van der Waals surface area contributed by atoms with Gasteiger partial charge in [0, 0.05) is 11.3 Å². The number of Topliss-reactive ketones (excluding diaryl/α,β-unsaturated/α-hetero) is 1. The largest absolute Gasteiger partial charge is 0.507 e. The Hall–Kier alpha value is -5.33. The Labute approximate surface area is 291 Å². The van der Waals surface area contributed by atoms with Crippen molar-refractivity contribution in [1.82, 2.24) is 10.2 Å². The Kier molecular flexibility index (Phi) is 10.2. The number of aliphatic hydroxyl groups is 1. The van der Waals surface area contributed by atoms with Crippen LogP contribution in [0.15, 0.2) is 101 Å². The van der Waals surface area contributed by atoms with Crippen LogP contribution in [0.3, 0.4) is 0 Å². The van der Waals surface area contributed by atoms with Crippen LogP contribution in [0, 0.1) is 6.92 Å². The van der Waals surface area contributed by atoms with Gasteiger partial charge in [0.1, 0.15) is 18.1 Å². The van der Waals surface area contributed by atoms with E-state index in [-0.39, 0.29) is 16.5 Å². The molecular weight excluding hydrogens is 663 g/mol. The molecule has 1 atom stereocenters. The molecule has 1 saturated heterocycles. The first-order valence-corrected chi connectivity index (χ1v) is 17.0. The first-order chi connectivity index (χ1) is 23.8. The van der Waals surface area contributed by atoms with Crippen LogP contribution in [-0.4, -0.2) is 48.3 Å². The summed E-state index contributed by atoms with van der Waals surface area (Å²) in [6.45, 7) is 2.39. The number of hydrogen-bond donors (Lipinski definition) is 1. The highest BCUT2D eigenvalue weighted by Gasteiger charge is 2.49. The molecule has 1 N–H and O–H groups in total. The summed E-state index contributed by atoms with van der Waals surface area (Å²) >= 11 is 2.65. The van der Waals surface area contributed by atoms with Crippen molar-refractivity contribution in [2.75, 3.05) is 26.2 Å². The molecule has 1 aromatic heterocycles. The molecule has 0 saturated carbocycles. The minimum atomic E-state index is -1.09. The number of aryl methyl sites for hydroxylation is 1. The second-order valence-corrected chi connectivity index (χ2v) is 13.2. The molecular formula is C37H33N3O7S2. The third-order valence-electron chi connectivity index (χ3n) is 7.87. The summed E-state index contributed by atoms with van der Waals surface area (Å²) in [7, 11) is 4.43. The predicted molar refractivity (Wildman–Crippen MR) is 189 cm³/mol. The molecule has 0 bridgehead atoms. The van der Waals surface area contributed by atoms with Gasteiger partial charge in [0.05, 0.1) is 32.9 Å². The molecule has 1 fully saturated rings. The van der Waals surface area contributed by atoms with Crippen LogP contribution in [0.5, 0.6) is 23.0 Å². The maximum absolute atomic E-state index is 13.8. The zero-order valence-corrected chi connectivity index (χ0v) is 28.8. The first kappa shape index (κ1) is 33.6. The monoisotopic (exact) mass is 695 g/mol. The Morgan fingerprint density at radius 2 is 1.55 bits per heavy atom. The number of nitrogens with zero attached hydrogens (tertiary/aromatic N) is 3. The van der Waals surface area contributed by atoms with E-state index < -0.39 is 17.7 Å². The topological polar surface area (TPSA) is 120 Å². The Bertz CT molecular complexity index is 1990. The van der Waals surface area contributed by atoms with Crippen LogP contribution in [0.2, 0.25) is 0 Å². The Morgan fingerprint density at radius 3 is 2.20 bits per heavy atom. The third kappa shape index (κ3) is 7.10. The van der Waals surface area contributed by atoms with E-state index in [1.165, 1.54) is 49.3 Å². The van der Waals surface area contributed by atoms with E-state index in [1.54, 1.807) is 36.4 Å². The molecule has 1 aliphatic rings. The molecule has 1 unspecified atom stereocenters. The second kappa shape index (κ2) is 14.8. The van der Waals surface area contributed by atoms with Crippen molar-refractivity contribution in [2.45, 2.75) is 29.7 Å². The average Bonchev–Trinajstić information content (AvgIpc) is 3.70. The van der Waals surface area contributed by atoms with Crippen molar-refractivity contribution in [3.63, 3.8) is 0 Å². The summed E-state index contributed by atoms with van der Waals surface area (Å²) in [4.78, 5) is 28.9. The molecule has 12 heteroatoms. The van der Waals surface area contributed by atoms with Crippen LogP contribution in [0.1, 0.15) is 33.9 Å². The van der Waals surface area contributed by atoms with Crippen molar-refractivity contribution in [3.8, 4) is 23.0 Å². The molecule has 10 nitrogen and oxygen atoms in total. The van der Waals surface area contributed by atoms with Gasteiger partial charge in [0.2, 0.25) is 10.9 Å². The van der Waals surface area contributed by atoms with E-state index >= 15 is 0 Å². The number of hydrogen-bond acceptors (Lipinski definition) is 11. The van der Waals surface area contributed by atoms with Gasteiger partial charge in [-0.2, -0.15) is 0 Å². The van der Waals surface area contributed by atoms with Gasteiger partial charge in [0.25, 0.3) is 5.78 Å². The molecule has 1 amide bonds. The standard InChI is InChI=1S/C37H33N3O7S2/c1-22-9-8-12-24(17-22)20-47-27-15-13-25(14-16-27)32(41)30-31(26-18-28(44-2)34(46-4)29(19-26)45-3)40(35(43)33(30)42)36-38-39-37(49-36)48-21-23-10-6-5-7-11-23/h5-19,31,41H,20-21H2,1-4H3/b32-30+. The van der Waals surface area contributed by atoms with Crippen LogP contribution in [0.25, 0.3) is 5.76 Å². The summed E-state index contributed by atoms with van der Waals surface area (Å²) in [6, 6.07) is 26.8. The predicted octanol–water partition coefficient (Wildman–Crippen LogP) is 7.37. The Balaban J connectivity index is 1.38. The van der Waals surface area contributed by atoms with E-state index in [4.69, 9.17) is 18.9 Å². The van der Waals surface area contributed by atoms with Gasteiger partial charge < -0.3 is 24.1 Å². The SMILES string of the molecule is COc1cc(C2/C(=C(\O)c3ccc(OCc4cccc(C)c4)cc3)C(=O)C(=O)N2c2nnc(SCc3ccccc3)s2)cc(OC)c1OC. The van der Waals surface area contributed by atoms with Crippen LogP contribution in [0.4, 0.5) is 5.13 Å². The average molecular weight is 696 g/mol. The van der Waals surface area contributed by atoms with Gasteiger partial charge in [-0.3, -0.25) is 14.5 Å². The minimum Gasteiger partial charge on any atom is -0.507 e. The third-order valence-corrected chi connectivity index (χ3v) is 10.00. The van der Waals surface area contributed by atoms with Crippen molar-refractivity contribution in [1.29, 1.82) is 0 Å². The summed E-state index contributed by atoms with van der Waals surface area (Å²) in [6.07, 6.45) is 0. The highest BCUT2D eigenvalue weighted by atomic mass is 32.2. The van der Waals surface area contributed by atoms with Gasteiger partial charge >= 0.3 is 5.91 Å². The minimum absolute atomic E-state index is 0.124. The molecule has 49 heavy (non-hydrogen) atoms. The molecule has 1 aliphatic heterocycles. The lowest BCUT2D eigenvalue weighted by Gasteiger charge is -2.24. The summed E-state index contributed by atoms with van der Waals surface area (Å²) in [5, 5.41) is 20.5. The molecule has 4 aromatic carbocycles. The number of thioether (sulfide) groups is 1. The lowest BCUT2D eigenvalue weighted by molar-refractivity contribution is -0.132. The lowest BCUT2D eigenvalue weighted by Crippen LogP contribution is -2.29. The van der Waals surface area contributed by atoms with Crippen LogP contribution < -0.4 is 23.8 Å². The summed E-state index contributed by atoms with van der Waals surface area (Å²) in [5.74, 6) is 0.112. The highest BCUT2D eigenvalue weighted by molar-refractivity contribution is 8.00. The molecule has 5 aromatic rings. The van der Waals surface area contributed by atoms with Crippen molar-refractivity contribution in [2.24, 2.45) is 0 Å². The number of amides is 1. The zero-order chi connectivity index (χ0) is 34.5. The van der Waals surface area contributed by atoms with E-state index in [0.717, 1.165) is 16.7 Å². The van der Waals surface area contributed by atoms with Crippen molar-refractivity contribution in [3.05, 3.63) is 124 Å². The van der Waals surface area contributed by atoms with Gasteiger partial charge in [0.15, 0.2) is 15.8 Å². The van der Waals surface area contributed by atoms with Gasteiger partial charge in [-0.15, -0.1) is 10.2 Å². The molecule has 6 rings (SSSR count). The molecule has 0 aliphatic carbocycles. The number of methoxy groups -OCH3 is 3. The first-order valence-electron chi connectivity index (χ1n) is 15.2. The Morgan fingerprint density at radius 1 is 0.857 bits per heavy atom. The fourth-order valence-electron chi connectivity index (χ4n) is 5.52. The fourth-order valence-corrected chi connectivity index (χ4v) is 7.34. The quantitative estimate of drug-likeness (QED) is 0.0466. The smallest absolute Gasteiger partial charge is 0.301 e. The molecule has 0 spiro atoms. The number of ether oxygens (including phenoxy) is 4. The van der Waals surface area contributed by atoms with Gasteiger partial charge in [-0.25, -0.2) is 0 Å². The van der Waals surface area contributed by atoms with Gasteiger partial charge in [-0.1, -0.05) is 83.3 Å². The van der Waals surface area contributed by atoms with Crippen molar-refractivity contribution >= 4 is 45.7 Å². The van der Waals surface area contributed by atoms with E-state index in [9.17, 15) is 14.7 Å². The number of rotatable bonds is 12. The van der Waals surface area contributed by atoms with Crippen molar-refractivity contribution < 1.29 is 33.6 Å². The number of carbonyl (C=O) groups excluding carboxylic acids is 2. The van der Waals surface area contributed by atoms with E-state index in [1.807, 2.05) is 61.5 Å². The van der Waals surface area contributed by atoms with E-state index in [0.29, 0.717) is 50.8 Å². The fraction of sp³-hybridized carbons (Fsp3) is 0.189. The lowest BCUT2D eigenvalue weighted by atomic mass is 9.94. The number of carbonyl (C=O) groups is 2.